The number of ether oxygens (including phenoxy) is 2. The van der Waals surface area contributed by atoms with Crippen LogP contribution in [0.2, 0.25) is 0 Å². The number of methoxy groups -OCH3 is 2. The molecule has 0 aromatic heterocycles. The van der Waals surface area contributed by atoms with Crippen molar-refractivity contribution in [2.24, 2.45) is 5.92 Å². The second kappa shape index (κ2) is 5.69. The molecule has 0 aliphatic carbocycles. The average Bonchev–Trinajstić information content (AvgIpc) is 2.62. The summed E-state index contributed by atoms with van der Waals surface area (Å²) in [5.74, 6) is 0.729. The molecule has 1 heterocycles. The van der Waals surface area contributed by atoms with Crippen LogP contribution >= 0.6 is 0 Å². The van der Waals surface area contributed by atoms with E-state index in [1.165, 1.54) is 19.4 Å². The lowest BCUT2D eigenvalue weighted by molar-refractivity contribution is -0.118. The van der Waals surface area contributed by atoms with Crippen LogP contribution in [-0.4, -0.2) is 44.5 Å². The van der Waals surface area contributed by atoms with Gasteiger partial charge in [0.25, 0.3) is 0 Å². The molecular formula is C11H23NO2. The maximum Gasteiger partial charge on any atom is 0.169 e. The summed E-state index contributed by atoms with van der Waals surface area (Å²) >= 11 is 0. The molecule has 1 aliphatic rings. The third-order valence-electron chi connectivity index (χ3n) is 3.09. The van der Waals surface area contributed by atoms with Crippen LogP contribution in [-0.2, 0) is 9.47 Å². The molecule has 1 saturated heterocycles. The molecule has 0 radical (unpaired) electrons. The topological polar surface area (TPSA) is 21.7 Å². The van der Waals surface area contributed by atoms with Crippen molar-refractivity contribution in [3.05, 3.63) is 0 Å². The first-order chi connectivity index (χ1) is 6.69. The first kappa shape index (κ1) is 12.0. The van der Waals surface area contributed by atoms with Gasteiger partial charge >= 0.3 is 0 Å². The van der Waals surface area contributed by atoms with Crippen molar-refractivity contribution < 1.29 is 9.47 Å². The van der Waals surface area contributed by atoms with Crippen molar-refractivity contribution in [3.8, 4) is 0 Å². The van der Waals surface area contributed by atoms with Gasteiger partial charge in [0, 0.05) is 26.8 Å². The molecule has 1 unspecified atom stereocenters. The zero-order chi connectivity index (χ0) is 10.6. The molecule has 0 bridgehead atoms. The van der Waals surface area contributed by atoms with E-state index in [1.54, 1.807) is 14.2 Å². The number of hydrogen-bond acceptors (Lipinski definition) is 3. The second-order valence-corrected chi connectivity index (χ2v) is 4.35. The zero-order valence-electron chi connectivity index (χ0n) is 9.82. The maximum absolute atomic E-state index is 5.23. The fourth-order valence-corrected chi connectivity index (χ4v) is 2.27. The van der Waals surface area contributed by atoms with Crippen LogP contribution in [0, 0.1) is 5.92 Å². The molecule has 0 N–H and O–H groups in total. The van der Waals surface area contributed by atoms with Gasteiger partial charge in [-0.1, -0.05) is 13.8 Å². The maximum atomic E-state index is 5.23. The van der Waals surface area contributed by atoms with Gasteiger partial charge in [-0.2, -0.15) is 0 Å². The van der Waals surface area contributed by atoms with Gasteiger partial charge in [-0.15, -0.1) is 0 Å². The lowest BCUT2D eigenvalue weighted by Gasteiger charge is -2.29. The van der Waals surface area contributed by atoms with Gasteiger partial charge in [-0.3, -0.25) is 4.90 Å². The van der Waals surface area contributed by atoms with E-state index in [0.717, 1.165) is 12.5 Å². The first-order valence-electron chi connectivity index (χ1n) is 5.48. The van der Waals surface area contributed by atoms with Gasteiger partial charge in [0.05, 0.1) is 0 Å². The largest absolute Gasteiger partial charge is 0.355 e. The minimum absolute atomic E-state index is 0.0747. The number of hydrogen-bond donors (Lipinski definition) is 0. The Labute approximate surface area is 87.4 Å². The standard InChI is InChI=1S/C11H23NO2/c1-9(2)10-6-5-7-12(10)8-11(13-3)14-4/h9-11H,5-8H2,1-4H3. The van der Waals surface area contributed by atoms with E-state index in [-0.39, 0.29) is 6.29 Å². The minimum atomic E-state index is -0.0747. The molecule has 14 heavy (non-hydrogen) atoms. The summed E-state index contributed by atoms with van der Waals surface area (Å²) in [6, 6.07) is 0.711. The van der Waals surface area contributed by atoms with Gasteiger partial charge in [-0.05, 0) is 25.3 Å². The van der Waals surface area contributed by atoms with Crippen LogP contribution in [0.4, 0.5) is 0 Å². The van der Waals surface area contributed by atoms with Crippen molar-refractivity contribution >= 4 is 0 Å². The summed E-state index contributed by atoms with van der Waals surface area (Å²) in [7, 11) is 3.41. The molecule has 0 saturated carbocycles. The van der Waals surface area contributed by atoms with Gasteiger partial charge < -0.3 is 9.47 Å². The number of nitrogens with zero attached hydrogens (tertiary/aromatic N) is 1. The fourth-order valence-electron chi connectivity index (χ4n) is 2.27. The minimum Gasteiger partial charge on any atom is -0.355 e. The van der Waals surface area contributed by atoms with Gasteiger partial charge in [0.2, 0.25) is 0 Å². The Bertz CT molecular complexity index is 157. The summed E-state index contributed by atoms with van der Waals surface area (Å²) in [5, 5.41) is 0. The van der Waals surface area contributed by atoms with Crippen LogP contribution in [0.15, 0.2) is 0 Å². The molecule has 1 atom stereocenters. The second-order valence-electron chi connectivity index (χ2n) is 4.35. The molecular weight excluding hydrogens is 178 g/mol. The van der Waals surface area contributed by atoms with E-state index in [0.29, 0.717) is 6.04 Å². The van der Waals surface area contributed by atoms with Crippen LogP contribution < -0.4 is 0 Å². The summed E-state index contributed by atoms with van der Waals surface area (Å²) in [5.41, 5.74) is 0. The average molecular weight is 201 g/mol. The van der Waals surface area contributed by atoms with Gasteiger partial charge in [-0.25, -0.2) is 0 Å². The van der Waals surface area contributed by atoms with E-state index in [4.69, 9.17) is 9.47 Å². The smallest absolute Gasteiger partial charge is 0.169 e. The molecule has 1 aliphatic heterocycles. The fraction of sp³-hybridized carbons (Fsp3) is 1.00. The molecule has 3 heteroatoms. The SMILES string of the molecule is COC(CN1CCCC1C(C)C)OC. The lowest BCUT2D eigenvalue weighted by atomic mass is 10.0. The molecule has 0 aromatic rings. The monoisotopic (exact) mass is 201 g/mol. The molecule has 1 fully saturated rings. The Balaban J connectivity index is 2.42. The van der Waals surface area contributed by atoms with Crippen molar-refractivity contribution in [2.45, 2.75) is 39.0 Å². The molecule has 0 amide bonds. The highest BCUT2D eigenvalue weighted by Gasteiger charge is 2.28. The molecule has 1 rings (SSSR count). The third kappa shape index (κ3) is 2.94. The van der Waals surface area contributed by atoms with Crippen molar-refractivity contribution in [3.63, 3.8) is 0 Å². The highest BCUT2D eigenvalue weighted by Crippen LogP contribution is 2.23. The predicted molar refractivity (Wildman–Crippen MR) is 57.2 cm³/mol. The van der Waals surface area contributed by atoms with Crippen LogP contribution in [0.5, 0.6) is 0 Å². The summed E-state index contributed by atoms with van der Waals surface area (Å²) in [6.45, 7) is 6.66. The van der Waals surface area contributed by atoms with E-state index in [9.17, 15) is 0 Å². The first-order valence-corrected chi connectivity index (χ1v) is 5.48. The zero-order valence-corrected chi connectivity index (χ0v) is 9.82. The van der Waals surface area contributed by atoms with Crippen LogP contribution in [0.25, 0.3) is 0 Å². The molecule has 84 valence electrons. The predicted octanol–water partition coefficient (Wildman–Crippen LogP) is 1.73. The Morgan fingerprint density at radius 2 is 1.93 bits per heavy atom. The number of rotatable bonds is 5. The Morgan fingerprint density at radius 3 is 2.43 bits per heavy atom. The normalized spacial score (nSPS) is 24.0. The van der Waals surface area contributed by atoms with E-state index in [1.807, 2.05) is 0 Å². The third-order valence-corrected chi connectivity index (χ3v) is 3.09. The molecule has 3 nitrogen and oxygen atoms in total. The summed E-state index contributed by atoms with van der Waals surface area (Å²) in [4.78, 5) is 2.49. The van der Waals surface area contributed by atoms with Crippen molar-refractivity contribution in [1.29, 1.82) is 0 Å². The quantitative estimate of drug-likeness (QED) is 0.632. The Hall–Kier alpha value is -0.120. The number of likely N-dealkylation sites (tertiary alicyclic amines) is 1. The van der Waals surface area contributed by atoms with Crippen LogP contribution in [0.3, 0.4) is 0 Å². The van der Waals surface area contributed by atoms with Gasteiger partial charge in [0.1, 0.15) is 0 Å². The Kier molecular flexibility index (Phi) is 4.85. The summed E-state index contributed by atoms with van der Waals surface area (Å²) in [6.07, 6.45) is 2.55. The Morgan fingerprint density at radius 1 is 1.29 bits per heavy atom. The van der Waals surface area contributed by atoms with E-state index < -0.39 is 0 Å². The highest BCUT2D eigenvalue weighted by molar-refractivity contribution is 4.81. The highest BCUT2D eigenvalue weighted by atomic mass is 16.7. The van der Waals surface area contributed by atoms with Gasteiger partial charge in [0.15, 0.2) is 6.29 Å². The van der Waals surface area contributed by atoms with E-state index in [2.05, 4.69) is 18.7 Å². The van der Waals surface area contributed by atoms with Crippen molar-refractivity contribution in [2.75, 3.05) is 27.3 Å². The molecule has 0 spiro atoms. The van der Waals surface area contributed by atoms with Crippen LogP contribution in [0.1, 0.15) is 26.7 Å². The van der Waals surface area contributed by atoms with E-state index >= 15 is 0 Å². The lowest BCUT2D eigenvalue weighted by Crippen LogP contribution is -2.40. The molecule has 0 aromatic carbocycles. The summed E-state index contributed by atoms with van der Waals surface area (Å²) < 4.78 is 10.5. The van der Waals surface area contributed by atoms with Crippen molar-refractivity contribution in [1.82, 2.24) is 4.90 Å².